The molecule has 0 fully saturated rings. The Balaban J connectivity index is 1.82. The van der Waals surface area contributed by atoms with Gasteiger partial charge >= 0.3 is 0 Å². The lowest BCUT2D eigenvalue weighted by molar-refractivity contribution is -0.146. The van der Waals surface area contributed by atoms with E-state index in [2.05, 4.69) is 0 Å². The average molecular weight is 338 g/mol. The van der Waals surface area contributed by atoms with Crippen LogP contribution in [0.15, 0.2) is 54.6 Å². The molecule has 5 heteroatoms. The van der Waals surface area contributed by atoms with Crippen LogP contribution in [0.1, 0.15) is 29.2 Å². The van der Waals surface area contributed by atoms with Gasteiger partial charge in [-0.1, -0.05) is 54.6 Å². The molecule has 0 saturated carbocycles. The number of amides is 2. The molecular formula is C20H22N2O3. The summed E-state index contributed by atoms with van der Waals surface area (Å²) in [5, 5.41) is 0. The van der Waals surface area contributed by atoms with Crippen molar-refractivity contribution >= 4 is 11.8 Å². The Morgan fingerprint density at radius 1 is 1.08 bits per heavy atom. The van der Waals surface area contributed by atoms with Gasteiger partial charge in [0.15, 0.2) is 6.10 Å². The number of hydrogen-bond acceptors (Lipinski definition) is 3. The van der Waals surface area contributed by atoms with E-state index in [4.69, 9.17) is 10.5 Å². The van der Waals surface area contributed by atoms with Gasteiger partial charge in [-0.05, 0) is 23.1 Å². The fourth-order valence-corrected chi connectivity index (χ4v) is 3.08. The SMILES string of the molecule is NC(=O)CCN(Cc1ccccc1)C(=O)C1OCCc2ccccc21. The molecule has 0 spiro atoms. The normalized spacial score (nSPS) is 16.1. The minimum atomic E-state index is -0.624. The molecule has 1 aliphatic rings. The van der Waals surface area contributed by atoms with E-state index in [0.29, 0.717) is 13.2 Å². The highest BCUT2D eigenvalue weighted by Gasteiger charge is 2.31. The summed E-state index contributed by atoms with van der Waals surface area (Å²) < 4.78 is 5.78. The number of fused-ring (bicyclic) bond motifs is 1. The zero-order chi connectivity index (χ0) is 17.6. The highest BCUT2D eigenvalue weighted by Crippen LogP contribution is 2.29. The number of hydrogen-bond donors (Lipinski definition) is 1. The summed E-state index contributed by atoms with van der Waals surface area (Å²) in [6.45, 7) is 1.22. The first kappa shape index (κ1) is 17.2. The molecule has 25 heavy (non-hydrogen) atoms. The Kier molecular flexibility index (Phi) is 5.46. The number of carbonyl (C=O) groups excluding carboxylic acids is 2. The summed E-state index contributed by atoms with van der Waals surface area (Å²) in [6.07, 6.45) is 0.314. The van der Waals surface area contributed by atoms with Gasteiger partial charge in [0.1, 0.15) is 0 Å². The van der Waals surface area contributed by atoms with E-state index in [1.54, 1.807) is 4.90 Å². The van der Waals surface area contributed by atoms with Crippen molar-refractivity contribution in [2.75, 3.05) is 13.2 Å². The second-order valence-corrected chi connectivity index (χ2v) is 6.16. The lowest BCUT2D eigenvalue weighted by Gasteiger charge is -2.31. The summed E-state index contributed by atoms with van der Waals surface area (Å²) in [7, 11) is 0. The van der Waals surface area contributed by atoms with Gasteiger partial charge in [-0.2, -0.15) is 0 Å². The van der Waals surface area contributed by atoms with Crippen molar-refractivity contribution in [1.82, 2.24) is 4.90 Å². The van der Waals surface area contributed by atoms with Crippen LogP contribution in [0.25, 0.3) is 0 Å². The summed E-state index contributed by atoms with van der Waals surface area (Å²) >= 11 is 0. The molecule has 0 saturated heterocycles. The van der Waals surface area contributed by atoms with Gasteiger partial charge < -0.3 is 15.4 Å². The third-order valence-electron chi connectivity index (χ3n) is 4.37. The summed E-state index contributed by atoms with van der Waals surface area (Å²) in [6, 6.07) is 17.6. The fourth-order valence-electron chi connectivity index (χ4n) is 3.08. The van der Waals surface area contributed by atoms with Crippen LogP contribution in [-0.2, 0) is 27.3 Å². The zero-order valence-electron chi connectivity index (χ0n) is 14.1. The van der Waals surface area contributed by atoms with Gasteiger partial charge in [0, 0.05) is 19.5 Å². The number of primary amides is 1. The van der Waals surface area contributed by atoms with Crippen LogP contribution in [0.2, 0.25) is 0 Å². The summed E-state index contributed by atoms with van der Waals surface area (Å²) in [5.41, 5.74) is 8.34. The van der Waals surface area contributed by atoms with Crippen LogP contribution in [0.5, 0.6) is 0 Å². The van der Waals surface area contributed by atoms with E-state index in [0.717, 1.165) is 23.1 Å². The molecule has 1 unspecified atom stereocenters. The first-order valence-electron chi connectivity index (χ1n) is 8.45. The predicted molar refractivity (Wildman–Crippen MR) is 94.5 cm³/mol. The van der Waals surface area contributed by atoms with E-state index in [-0.39, 0.29) is 18.9 Å². The first-order chi connectivity index (χ1) is 12.1. The second kappa shape index (κ2) is 7.94. The van der Waals surface area contributed by atoms with Gasteiger partial charge in [-0.3, -0.25) is 9.59 Å². The lowest BCUT2D eigenvalue weighted by atomic mass is 9.96. The van der Waals surface area contributed by atoms with Crippen LogP contribution in [-0.4, -0.2) is 29.9 Å². The molecule has 3 rings (SSSR count). The van der Waals surface area contributed by atoms with Gasteiger partial charge in [-0.25, -0.2) is 0 Å². The standard InChI is InChI=1S/C20H22N2O3/c21-18(23)10-12-22(14-15-6-2-1-3-7-15)20(24)19-17-9-5-4-8-16(17)11-13-25-19/h1-9,19H,10-14H2,(H2,21,23). The zero-order valence-corrected chi connectivity index (χ0v) is 14.1. The van der Waals surface area contributed by atoms with Crippen LogP contribution in [0.3, 0.4) is 0 Å². The first-order valence-corrected chi connectivity index (χ1v) is 8.45. The Morgan fingerprint density at radius 2 is 1.80 bits per heavy atom. The number of ether oxygens (including phenoxy) is 1. The number of benzene rings is 2. The van der Waals surface area contributed by atoms with Crippen molar-refractivity contribution in [3.8, 4) is 0 Å². The third-order valence-corrected chi connectivity index (χ3v) is 4.37. The largest absolute Gasteiger partial charge is 0.370 e. The maximum atomic E-state index is 13.1. The van der Waals surface area contributed by atoms with Crippen molar-refractivity contribution in [1.29, 1.82) is 0 Å². The Labute approximate surface area is 147 Å². The van der Waals surface area contributed by atoms with Crippen molar-refractivity contribution in [3.63, 3.8) is 0 Å². The number of carbonyl (C=O) groups is 2. The molecule has 5 nitrogen and oxygen atoms in total. The van der Waals surface area contributed by atoms with Crippen LogP contribution < -0.4 is 5.73 Å². The van der Waals surface area contributed by atoms with Gasteiger partial charge in [0.05, 0.1) is 6.61 Å². The van der Waals surface area contributed by atoms with Crippen molar-refractivity contribution in [2.45, 2.75) is 25.5 Å². The second-order valence-electron chi connectivity index (χ2n) is 6.16. The van der Waals surface area contributed by atoms with Crippen molar-refractivity contribution in [2.24, 2.45) is 5.73 Å². The van der Waals surface area contributed by atoms with E-state index < -0.39 is 12.0 Å². The lowest BCUT2D eigenvalue weighted by Crippen LogP contribution is -2.39. The monoisotopic (exact) mass is 338 g/mol. The molecule has 1 aliphatic heterocycles. The smallest absolute Gasteiger partial charge is 0.256 e. The molecule has 130 valence electrons. The summed E-state index contributed by atoms with van der Waals surface area (Å²) in [4.78, 5) is 26.0. The average Bonchev–Trinajstić information content (AvgIpc) is 2.65. The van der Waals surface area contributed by atoms with E-state index in [1.165, 1.54) is 0 Å². The molecule has 2 amide bonds. The molecule has 0 radical (unpaired) electrons. The maximum Gasteiger partial charge on any atom is 0.256 e. The number of nitrogens with two attached hydrogens (primary N) is 1. The highest BCUT2D eigenvalue weighted by molar-refractivity contribution is 5.83. The molecule has 2 aromatic carbocycles. The molecule has 0 aliphatic carbocycles. The minimum Gasteiger partial charge on any atom is -0.370 e. The van der Waals surface area contributed by atoms with Crippen LogP contribution in [0, 0.1) is 0 Å². The molecule has 1 heterocycles. The Hall–Kier alpha value is -2.66. The molecule has 1 atom stereocenters. The maximum absolute atomic E-state index is 13.1. The predicted octanol–water partition coefficient (Wildman–Crippen LogP) is 2.20. The molecule has 0 bridgehead atoms. The summed E-state index contributed by atoms with van der Waals surface area (Å²) in [5.74, 6) is -0.548. The van der Waals surface area contributed by atoms with E-state index >= 15 is 0 Å². The molecular weight excluding hydrogens is 316 g/mol. The van der Waals surface area contributed by atoms with Gasteiger partial charge in [-0.15, -0.1) is 0 Å². The topological polar surface area (TPSA) is 72.6 Å². The van der Waals surface area contributed by atoms with Crippen LogP contribution >= 0.6 is 0 Å². The van der Waals surface area contributed by atoms with Gasteiger partial charge in [0.2, 0.25) is 5.91 Å². The number of rotatable bonds is 6. The van der Waals surface area contributed by atoms with E-state index in [1.807, 2.05) is 54.6 Å². The highest BCUT2D eigenvalue weighted by atomic mass is 16.5. The number of nitrogens with zero attached hydrogens (tertiary/aromatic N) is 1. The molecule has 0 aromatic heterocycles. The van der Waals surface area contributed by atoms with E-state index in [9.17, 15) is 9.59 Å². The minimum absolute atomic E-state index is 0.128. The third kappa shape index (κ3) is 4.25. The molecule has 2 aromatic rings. The van der Waals surface area contributed by atoms with Gasteiger partial charge in [0.25, 0.3) is 5.91 Å². The van der Waals surface area contributed by atoms with Crippen molar-refractivity contribution in [3.05, 3.63) is 71.3 Å². The Morgan fingerprint density at radius 3 is 2.56 bits per heavy atom. The van der Waals surface area contributed by atoms with Crippen LogP contribution in [0.4, 0.5) is 0 Å². The quantitative estimate of drug-likeness (QED) is 0.878. The Bertz CT molecular complexity index is 746. The fraction of sp³-hybridized carbons (Fsp3) is 0.300. The van der Waals surface area contributed by atoms with Crippen molar-refractivity contribution < 1.29 is 14.3 Å². The molecule has 2 N–H and O–H groups in total.